The fourth-order valence-corrected chi connectivity index (χ4v) is 4.33. The Bertz CT molecular complexity index is 904. The lowest BCUT2D eigenvalue weighted by atomic mass is 9.95. The number of nitrogens with zero attached hydrogens (tertiary/aromatic N) is 5. The minimum atomic E-state index is -0.127. The summed E-state index contributed by atoms with van der Waals surface area (Å²) in [6, 6.07) is 12.0. The average molecular weight is 424 g/mol. The normalized spacial score (nSPS) is 20.5. The number of carbonyl (C=O) groups is 1. The Morgan fingerprint density at radius 2 is 1.74 bits per heavy atom. The van der Waals surface area contributed by atoms with Crippen molar-refractivity contribution < 1.29 is 9.53 Å². The number of hydrogen-bond donors (Lipinski definition) is 0. The molecule has 1 aromatic carbocycles. The molecule has 0 radical (unpaired) electrons. The molecule has 1 atom stereocenters. The van der Waals surface area contributed by atoms with E-state index in [2.05, 4.69) is 30.6 Å². The van der Waals surface area contributed by atoms with Crippen molar-refractivity contribution in [2.75, 3.05) is 49.6 Å². The van der Waals surface area contributed by atoms with Crippen molar-refractivity contribution >= 4 is 17.4 Å². The molecule has 0 bridgehead atoms. The Balaban J connectivity index is 1.43. The van der Waals surface area contributed by atoms with Crippen molar-refractivity contribution in [3.05, 3.63) is 47.9 Å². The van der Waals surface area contributed by atoms with Crippen LogP contribution in [0.3, 0.4) is 0 Å². The summed E-state index contributed by atoms with van der Waals surface area (Å²) in [7, 11) is 1.69. The maximum Gasteiger partial charge on any atom is 0.244 e. The second-order valence-corrected chi connectivity index (χ2v) is 9.38. The molecule has 7 nitrogen and oxygen atoms in total. The first kappa shape index (κ1) is 21.7. The fraction of sp³-hybridized carbons (Fsp3) is 0.542. The summed E-state index contributed by atoms with van der Waals surface area (Å²) in [5, 5.41) is 0. The van der Waals surface area contributed by atoms with Crippen molar-refractivity contribution in [3.8, 4) is 0 Å². The molecule has 1 unspecified atom stereocenters. The highest BCUT2D eigenvalue weighted by molar-refractivity contribution is 5.99. The number of para-hydroxylation sites is 1. The van der Waals surface area contributed by atoms with Crippen molar-refractivity contribution in [1.82, 2.24) is 14.9 Å². The van der Waals surface area contributed by atoms with E-state index in [1.165, 1.54) is 0 Å². The molecule has 2 aliphatic heterocycles. The van der Waals surface area contributed by atoms with E-state index in [-0.39, 0.29) is 17.4 Å². The number of rotatable bonds is 5. The van der Waals surface area contributed by atoms with Crippen molar-refractivity contribution in [2.45, 2.75) is 45.3 Å². The second kappa shape index (κ2) is 8.93. The lowest BCUT2D eigenvalue weighted by Gasteiger charge is -2.38. The predicted octanol–water partition coefficient (Wildman–Crippen LogP) is 2.85. The Morgan fingerprint density at radius 1 is 1.03 bits per heavy atom. The first-order valence-electron chi connectivity index (χ1n) is 11.1. The number of hydrogen-bond acceptors (Lipinski definition) is 6. The summed E-state index contributed by atoms with van der Waals surface area (Å²) in [5.74, 6) is 2.01. The number of methoxy groups -OCH3 is 1. The maximum absolute atomic E-state index is 13.1. The zero-order valence-corrected chi connectivity index (χ0v) is 19.0. The second-order valence-electron chi connectivity index (χ2n) is 9.38. The summed E-state index contributed by atoms with van der Waals surface area (Å²) in [6.45, 7) is 11.1. The Hall–Kier alpha value is -2.51. The van der Waals surface area contributed by atoms with E-state index < -0.39 is 0 Å². The summed E-state index contributed by atoms with van der Waals surface area (Å²) in [6.07, 6.45) is 0.882. The highest BCUT2D eigenvalue weighted by atomic mass is 16.5. The van der Waals surface area contributed by atoms with Gasteiger partial charge in [0.2, 0.25) is 5.91 Å². The highest BCUT2D eigenvalue weighted by Gasteiger charge is 2.38. The van der Waals surface area contributed by atoms with Crippen LogP contribution in [0.1, 0.15) is 38.7 Å². The number of piperazine rings is 1. The molecule has 2 aliphatic rings. The number of carbonyl (C=O) groups excluding carboxylic acids is 1. The molecule has 0 spiro atoms. The van der Waals surface area contributed by atoms with Crippen molar-refractivity contribution in [2.24, 2.45) is 0 Å². The standard InChI is InChI=1S/C24H33N5O2/c1-24(2,3)23-25-18(17-31-4)16-21(26-23)28-14-12-27(13-15-28)20-10-11-29(22(20)30)19-8-6-5-7-9-19/h5-9,16,20H,10-15,17H2,1-4H3. The van der Waals surface area contributed by atoms with Gasteiger partial charge in [0.15, 0.2) is 0 Å². The molecule has 1 aromatic heterocycles. The Morgan fingerprint density at radius 3 is 2.39 bits per heavy atom. The lowest BCUT2D eigenvalue weighted by molar-refractivity contribution is -0.121. The number of ether oxygens (including phenoxy) is 1. The van der Waals surface area contributed by atoms with Crippen molar-refractivity contribution in [3.63, 3.8) is 0 Å². The monoisotopic (exact) mass is 423 g/mol. The quantitative estimate of drug-likeness (QED) is 0.737. The van der Waals surface area contributed by atoms with E-state index >= 15 is 0 Å². The summed E-state index contributed by atoms with van der Waals surface area (Å²) in [5.41, 5.74) is 1.77. The minimum absolute atomic E-state index is 0.0260. The van der Waals surface area contributed by atoms with Gasteiger partial charge in [0.05, 0.1) is 18.3 Å². The van der Waals surface area contributed by atoms with Gasteiger partial charge in [-0.25, -0.2) is 9.97 Å². The van der Waals surface area contributed by atoms with Crippen LogP contribution in [0.15, 0.2) is 36.4 Å². The predicted molar refractivity (Wildman–Crippen MR) is 122 cm³/mol. The average Bonchev–Trinajstić information content (AvgIpc) is 3.15. The van der Waals surface area contributed by atoms with Gasteiger partial charge in [-0.05, 0) is 18.6 Å². The van der Waals surface area contributed by atoms with E-state index in [4.69, 9.17) is 14.7 Å². The van der Waals surface area contributed by atoms with Gasteiger partial charge in [-0.2, -0.15) is 0 Å². The van der Waals surface area contributed by atoms with Gasteiger partial charge < -0.3 is 14.5 Å². The van der Waals surface area contributed by atoms with E-state index in [1.807, 2.05) is 41.3 Å². The molecule has 2 fully saturated rings. The molecular weight excluding hydrogens is 390 g/mol. The zero-order valence-electron chi connectivity index (χ0n) is 19.0. The van der Waals surface area contributed by atoms with Crippen LogP contribution in [0.5, 0.6) is 0 Å². The largest absolute Gasteiger partial charge is 0.378 e. The Labute approximate surface area is 185 Å². The third-order valence-electron chi connectivity index (χ3n) is 6.05. The van der Waals surface area contributed by atoms with Crippen LogP contribution < -0.4 is 9.80 Å². The minimum Gasteiger partial charge on any atom is -0.378 e. The van der Waals surface area contributed by atoms with Crippen LogP contribution in [-0.2, 0) is 21.6 Å². The molecule has 7 heteroatoms. The Kier molecular flexibility index (Phi) is 6.25. The first-order valence-corrected chi connectivity index (χ1v) is 11.1. The number of benzene rings is 1. The SMILES string of the molecule is COCc1cc(N2CCN(C3CCN(c4ccccc4)C3=O)CC2)nc(C(C)(C)C)n1. The van der Waals surface area contributed by atoms with Crippen molar-refractivity contribution in [1.29, 1.82) is 0 Å². The van der Waals surface area contributed by atoms with Gasteiger partial charge in [0.25, 0.3) is 0 Å². The first-order chi connectivity index (χ1) is 14.9. The number of aromatic nitrogens is 2. The fourth-order valence-electron chi connectivity index (χ4n) is 4.33. The van der Waals surface area contributed by atoms with Crippen LogP contribution in [-0.4, -0.2) is 66.7 Å². The maximum atomic E-state index is 13.1. The summed E-state index contributed by atoms with van der Waals surface area (Å²) in [4.78, 5) is 29.2. The lowest BCUT2D eigenvalue weighted by Crippen LogP contribution is -2.53. The topological polar surface area (TPSA) is 61.8 Å². The third-order valence-corrected chi connectivity index (χ3v) is 6.05. The van der Waals surface area contributed by atoms with Crippen LogP contribution >= 0.6 is 0 Å². The third kappa shape index (κ3) is 4.72. The van der Waals surface area contributed by atoms with Crippen LogP contribution in [0.25, 0.3) is 0 Å². The smallest absolute Gasteiger partial charge is 0.244 e. The van der Waals surface area contributed by atoms with E-state index in [1.54, 1.807) is 7.11 Å². The van der Waals surface area contributed by atoms with Crippen LogP contribution in [0, 0.1) is 0 Å². The van der Waals surface area contributed by atoms with Gasteiger partial charge in [-0.1, -0.05) is 39.0 Å². The molecule has 0 aliphatic carbocycles. The summed E-state index contributed by atoms with van der Waals surface area (Å²) >= 11 is 0. The van der Waals surface area contributed by atoms with Gasteiger partial charge in [-0.15, -0.1) is 0 Å². The van der Waals surface area contributed by atoms with E-state index in [0.717, 1.165) is 62.2 Å². The molecule has 2 saturated heterocycles. The van der Waals surface area contributed by atoms with E-state index in [0.29, 0.717) is 6.61 Å². The number of amides is 1. The molecule has 0 N–H and O–H groups in total. The molecule has 0 saturated carbocycles. The molecule has 31 heavy (non-hydrogen) atoms. The van der Waals surface area contributed by atoms with Crippen LogP contribution in [0.2, 0.25) is 0 Å². The molecule has 1 amide bonds. The van der Waals surface area contributed by atoms with Gasteiger partial charge in [0.1, 0.15) is 11.6 Å². The molecule has 3 heterocycles. The summed E-state index contributed by atoms with van der Waals surface area (Å²) < 4.78 is 5.32. The van der Waals surface area contributed by atoms with Gasteiger partial charge >= 0.3 is 0 Å². The van der Waals surface area contributed by atoms with Crippen LogP contribution in [0.4, 0.5) is 11.5 Å². The van der Waals surface area contributed by atoms with E-state index in [9.17, 15) is 4.79 Å². The number of anilines is 2. The molecule has 166 valence electrons. The molecule has 2 aromatic rings. The zero-order chi connectivity index (χ0) is 22.0. The van der Waals surface area contributed by atoms with Gasteiger partial charge in [0, 0.05) is 57.0 Å². The molecular formula is C24H33N5O2. The van der Waals surface area contributed by atoms with Gasteiger partial charge in [-0.3, -0.25) is 9.69 Å². The highest BCUT2D eigenvalue weighted by Crippen LogP contribution is 2.27. The molecule has 4 rings (SSSR count).